The Kier molecular flexibility index (Phi) is 8.05. The molecule has 9 nitrogen and oxygen atoms in total. The number of ether oxygens (including phenoxy) is 2. The minimum Gasteiger partial charge on any atom is -0.481 e. The summed E-state index contributed by atoms with van der Waals surface area (Å²) in [4.78, 5) is 35.7. The van der Waals surface area contributed by atoms with Gasteiger partial charge in [-0.15, -0.1) is 0 Å². The molecular weight excluding hydrogens is 478 g/mol. The zero-order chi connectivity index (χ0) is 25.8. The highest BCUT2D eigenvalue weighted by Gasteiger charge is 2.26. The van der Waals surface area contributed by atoms with Crippen molar-refractivity contribution in [1.29, 1.82) is 0 Å². The summed E-state index contributed by atoms with van der Waals surface area (Å²) in [6.07, 6.45) is 3.74. The lowest BCUT2D eigenvalue weighted by Gasteiger charge is -2.38. The van der Waals surface area contributed by atoms with Gasteiger partial charge >= 0.3 is 11.5 Å². The summed E-state index contributed by atoms with van der Waals surface area (Å²) >= 11 is 1.49. The third kappa shape index (κ3) is 5.29. The summed E-state index contributed by atoms with van der Waals surface area (Å²) in [5.74, 6) is -0.841. The van der Waals surface area contributed by atoms with Crippen molar-refractivity contribution in [2.45, 2.75) is 26.5 Å². The van der Waals surface area contributed by atoms with E-state index in [1.165, 1.54) is 23.5 Å². The number of anilines is 2. The molecule has 0 saturated carbocycles. The van der Waals surface area contributed by atoms with Gasteiger partial charge in [0.15, 0.2) is 11.3 Å². The monoisotopic (exact) mass is 511 g/mol. The number of nitrogens with zero attached hydrogens (tertiary/aromatic N) is 5. The fraction of sp³-hybridized carbons (Fsp3) is 0.423. The van der Waals surface area contributed by atoms with E-state index in [2.05, 4.69) is 28.6 Å². The lowest BCUT2D eigenvalue weighted by Crippen LogP contribution is -2.49. The van der Waals surface area contributed by atoms with E-state index in [-0.39, 0.29) is 18.1 Å². The van der Waals surface area contributed by atoms with Crippen molar-refractivity contribution in [3.05, 3.63) is 64.2 Å². The number of methoxy groups -OCH3 is 1. The van der Waals surface area contributed by atoms with Crippen LogP contribution < -0.4 is 19.5 Å². The Labute approximate surface area is 215 Å². The van der Waals surface area contributed by atoms with Gasteiger partial charge in [0, 0.05) is 51.7 Å². The summed E-state index contributed by atoms with van der Waals surface area (Å²) < 4.78 is 14.3. The zero-order valence-electron chi connectivity index (χ0n) is 21.4. The van der Waals surface area contributed by atoms with Gasteiger partial charge in [0.25, 0.3) is 0 Å². The first-order valence-corrected chi connectivity index (χ1v) is 13.1. The number of esters is 1. The van der Waals surface area contributed by atoms with Gasteiger partial charge in [-0.2, -0.15) is 0 Å². The third-order valence-corrected chi connectivity index (χ3v) is 7.22. The van der Waals surface area contributed by atoms with Gasteiger partial charge in [0.05, 0.1) is 18.5 Å². The van der Waals surface area contributed by atoms with E-state index in [0.29, 0.717) is 11.7 Å². The number of fused-ring (bicyclic) bond motifs is 1. The van der Waals surface area contributed by atoms with Gasteiger partial charge in [-0.25, -0.2) is 9.78 Å². The average molecular weight is 512 g/mol. The van der Waals surface area contributed by atoms with Gasteiger partial charge in [0.1, 0.15) is 6.61 Å². The molecule has 1 aliphatic rings. The maximum Gasteiger partial charge on any atom is 0.360 e. The van der Waals surface area contributed by atoms with Gasteiger partial charge in [-0.3, -0.25) is 14.1 Å². The smallest absolute Gasteiger partial charge is 0.360 e. The number of rotatable bonds is 8. The highest BCUT2D eigenvalue weighted by atomic mass is 32.2. The summed E-state index contributed by atoms with van der Waals surface area (Å²) in [7, 11) is 3.17. The molecule has 0 radical (unpaired) electrons. The SMILES string of the molecule is COC(=O)c1nc2c(N(C)SC)cc(N3CCN(C(C)C)CC3)cn2c(=O)c1OCc1ccccc1. The molecule has 10 heteroatoms. The standard InChI is InChI=1S/C26H33N5O4S/c1-18(2)29-11-13-30(14-12-29)20-15-21(28(3)36-5)24-27-22(26(33)34-4)23(25(32)31(24)16-20)35-17-19-9-7-6-8-10-19/h6-10,15-16,18H,11-14,17H2,1-5H3. The van der Waals surface area contributed by atoms with E-state index in [9.17, 15) is 9.59 Å². The van der Waals surface area contributed by atoms with Crippen LogP contribution in [0.3, 0.4) is 0 Å². The van der Waals surface area contributed by atoms with E-state index in [1.807, 2.05) is 54.0 Å². The second-order valence-electron chi connectivity index (χ2n) is 8.93. The van der Waals surface area contributed by atoms with Crippen molar-refractivity contribution in [2.24, 2.45) is 0 Å². The van der Waals surface area contributed by atoms with Crippen LogP contribution in [0.1, 0.15) is 29.9 Å². The molecule has 2 aromatic heterocycles. The first-order chi connectivity index (χ1) is 17.3. The highest BCUT2D eigenvalue weighted by molar-refractivity contribution is 7.99. The molecule has 0 N–H and O–H groups in total. The zero-order valence-corrected chi connectivity index (χ0v) is 22.2. The molecule has 0 atom stereocenters. The number of aromatic nitrogens is 2. The van der Waals surface area contributed by atoms with Crippen LogP contribution in [-0.2, 0) is 11.3 Å². The summed E-state index contributed by atoms with van der Waals surface area (Å²) in [6, 6.07) is 12.0. The highest BCUT2D eigenvalue weighted by Crippen LogP contribution is 2.30. The average Bonchev–Trinajstić information content (AvgIpc) is 2.91. The Hall–Kier alpha value is -3.24. The van der Waals surface area contributed by atoms with Crippen molar-refractivity contribution in [3.8, 4) is 5.75 Å². The Balaban J connectivity index is 1.82. The Bertz CT molecular complexity index is 1270. The van der Waals surface area contributed by atoms with E-state index in [1.54, 1.807) is 6.20 Å². The van der Waals surface area contributed by atoms with Crippen LogP contribution >= 0.6 is 11.9 Å². The molecule has 4 rings (SSSR count). The maximum absolute atomic E-state index is 13.8. The van der Waals surface area contributed by atoms with Crippen LogP contribution in [0.25, 0.3) is 5.65 Å². The quantitative estimate of drug-likeness (QED) is 0.334. The fourth-order valence-electron chi connectivity index (χ4n) is 4.29. The van der Waals surface area contributed by atoms with Crippen LogP contribution in [0.4, 0.5) is 11.4 Å². The molecule has 0 unspecified atom stereocenters. The van der Waals surface area contributed by atoms with Crippen LogP contribution in [0.15, 0.2) is 47.4 Å². The van der Waals surface area contributed by atoms with Crippen LogP contribution in [-0.4, -0.2) is 72.9 Å². The molecule has 3 aromatic rings. The molecule has 0 aliphatic carbocycles. The largest absolute Gasteiger partial charge is 0.481 e. The number of hydrogen-bond acceptors (Lipinski definition) is 9. The minimum absolute atomic E-state index is 0.122. The molecule has 0 amide bonds. The molecule has 3 heterocycles. The van der Waals surface area contributed by atoms with Crippen molar-refractivity contribution < 1.29 is 14.3 Å². The second-order valence-corrected chi connectivity index (χ2v) is 9.85. The van der Waals surface area contributed by atoms with E-state index in [0.717, 1.165) is 43.1 Å². The van der Waals surface area contributed by atoms with Gasteiger partial charge in [-0.1, -0.05) is 42.3 Å². The van der Waals surface area contributed by atoms with Crippen molar-refractivity contribution in [3.63, 3.8) is 0 Å². The van der Waals surface area contributed by atoms with E-state index in [4.69, 9.17) is 9.47 Å². The molecule has 36 heavy (non-hydrogen) atoms. The molecule has 1 fully saturated rings. The van der Waals surface area contributed by atoms with E-state index >= 15 is 0 Å². The summed E-state index contributed by atoms with van der Waals surface area (Å²) in [5.41, 5.74) is 2.31. The predicted octanol–water partition coefficient (Wildman–Crippen LogP) is 3.30. The second kappa shape index (κ2) is 11.2. The number of piperazine rings is 1. The number of carbonyl (C=O) groups excluding carboxylic acids is 1. The molecule has 192 valence electrons. The van der Waals surface area contributed by atoms with Crippen LogP contribution in [0, 0.1) is 0 Å². The number of pyridine rings is 1. The topological polar surface area (TPSA) is 79.6 Å². The normalized spacial score (nSPS) is 14.3. The number of hydrogen-bond donors (Lipinski definition) is 0. The third-order valence-electron chi connectivity index (χ3n) is 6.48. The lowest BCUT2D eigenvalue weighted by molar-refractivity contribution is 0.0588. The Morgan fingerprint density at radius 2 is 1.86 bits per heavy atom. The molecule has 1 aliphatic heterocycles. The van der Waals surface area contributed by atoms with Gasteiger partial charge in [-0.05, 0) is 25.5 Å². The Morgan fingerprint density at radius 3 is 2.47 bits per heavy atom. The molecule has 0 bridgehead atoms. The number of carbonyl (C=O) groups is 1. The van der Waals surface area contributed by atoms with Gasteiger partial charge < -0.3 is 18.7 Å². The fourth-order valence-corrected chi connectivity index (χ4v) is 4.62. The molecule has 0 spiro atoms. The van der Waals surface area contributed by atoms with Crippen LogP contribution in [0.2, 0.25) is 0 Å². The first kappa shape index (κ1) is 25.8. The summed E-state index contributed by atoms with van der Waals surface area (Å²) in [6.45, 7) is 8.14. The minimum atomic E-state index is -0.718. The van der Waals surface area contributed by atoms with Crippen molar-refractivity contribution in [2.75, 3.05) is 55.8 Å². The number of benzene rings is 1. The molecule has 1 saturated heterocycles. The van der Waals surface area contributed by atoms with Crippen molar-refractivity contribution >= 4 is 34.9 Å². The van der Waals surface area contributed by atoms with Crippen LogP contribution in [0.5, 0.6) is 5.75 Å². The maximum atomic E-state index is 13.8. The molecule has 1 aromatic carbocycles. The molecular formula is C26H33N5O4S. The Morgan fingerprint density at radius 1 is 1.17 bits per heavy atom. The van der Waals surface area contributed by atoms with E-state index < -0.39 is 11.5 Å². The summed E-state index contributed by atoms with van der Waals surface area (Å²) in [5, 5.41) is 0. The first-order valence-electron chi connectivity index (χ1n) is 12.0. The lowest BCUT2D eigenvalue weighted by atomic mass is 10.2. The van der Waals surface area contributed by atoms with Gasteiger partial charge in [0.2, 0.25) is 5.75 Å². The predicted molar refractivity (Wildman–Crippen MR) is 144 cm³/mol. The van der Waals surface area contributed by atoms with Crippen molar-refractivity contribution in [1.82, 2.24) is 14.3 Å².